The Balaban J connectivity index is 2.18. The molecule has 1 aromatic heterocycles. The van der Waals surface area contributed by atoms with Gasteiger partial charge >= 0.3 is 0 Å². The Labute approximate surface area is 155 Å². The van der Waals surface area contributed by atoms with E-state index in [1.54, 1.807) is 44.4 Å². The molecule has 3 N–H and O–H groups in total. The third-order valence-electron chi connectivity index (χ3n) is 4.42. The fourth-order valence-corrected chi connectivity index (χ4v) is 2.85. The van der Waals surface area contributed by atoms with Gasteiger partial charge in [0.15, 0.2) is 6.10 Å². The predicted octanol–water partition coefficient (Wildman–Crippen LogP) is 2.79. The largest absolute Gasteiger partial charge is 0.506 e. The van der Waals surface area contributed by atoms with Crippen LogP contribution in [0, 0.1) is 5.41 Å². The second kappa shape index (κ2) is 6.46. The number of Topliss-reactive ketones (excluding diaryl/α,β-unsaturated/α-hetero) is 1. The monoisotopic (exact) mass is 372 g/mol. The van der Waals surface area contributed by atoms with Crippen LogP contribution in [-0.4, -0.2) is 27.9 Å². The Morgan fingerprint density at radius 3 is 2.46 bits per heavy atom. The number of nitrogens with zero attached hydrogens (tertiary/aromatic N) is 1. The van der Waals surface area contributed by atoms with E-state index in [9.17, 15) is 14.7 Å². The molecular formula is C19H17ClN2O4. The molecule has 0 radical (unpaired) electrons. The minimum Gasteiger partial charge on any atom is -0.506 e. The third-order valence-corrected chi connectivity index (χ3v) is 4.73. The second-order valence-corrected chi connectivity index (χ2v) is 6.96. The maximum absolute atomic E-state index is 13.1. The van der Waals surface area contributed by atoms with E-state index in [4.69, 9.17) is 22.1 Å². The number of carbonyl (C=O) groups excluding carboxylic acids is 2. The molecule has 3 rings (SSSR count). The molecule has 7 heteroatoms. The molecule has 1 amide bonds. The molecular weight excluding hydrogens is 356 g/mol. The number of nitrogens with two attached hydrogens (primary N) is 1. The first-order valence-corrected chi connectivity index (χ1v) is 8.25. The summed E-state index contributed by atoms with van der Waals surface area (Å²) in [6.45, 7) is 3.12. The Morgan fingerprint density at radius 2 is 1.88 bits per heavy atom. The Bertz CT molecular complexity index is 922. The van der Waals surface area contributed by atoms with Crippen LogP contribution >= 0.6 is 11.6 Å². The SMILES string of the molecule is CC(C)(C(N)=O)C1OC(c2ccc(Cl)c(O)c2)=C(c2ccncc2)C1=O. The van der Waals surface area contributed by atoms with E-state index in [1.807, 2.05) is 0 Å². The molecule has 2 aromatic rings. The van der Waals surface area contributed by atoms with Crippen LogP contribution in [0.2, 0.25) is 5.02 Å². The highest BCUT2D eigenvalue weighted by Gasteiger charge is 2.48. The van der Waals surface area contributed by atoms with Crippen molar-refractivity contribution < 1.29 is 19.4 Å². The van der Waals surface area contributed by atoms with Crippen LogP contribution in [0.15, 0.2) is 42.7 Å². The molecule has 0 saturated heterocycles. The van der Waals surface area contributed by atoms with Gasteiger partial charge < -0.3 is 15.6 Å². The van der Waals surface area contributed by atoms with E-state index >= 15 is 0 Å². The van der Waals surface area contributed by atoms with Crippen LogP contribution in [0.3, 0.4) is 0 Å². The number of carbonyl (C=O) groups is 2. The van der Waals surface area contributed by atoms with Gasteiger partial charge in [-0.05, 0) is 49.7 Å². The van der Waals surface area contributed by atoms with Gasteiger partial charge in [0.25, 0.3) is 0 Å². The number of hydrogen-bond donors (Lipinski definition) is 2. The van der Waals surface area contributed by atoms with Gasteiger partial charge in [-0.15, -0.1) is 0 Å². The number of benzene rings is 1. The Morgan fingerprint density at radius 1 is 1.23 bits per heavy atom. The van der Waals surface area contributed by atoms with Crippen molar-refractivity contribution >= 4 is 34.6 Å². The van der Waals surface area contributed by atoms with E-state index in [2.05, 4.69) is 4.98 Å². The van der Waals surface area contributed by atoms with Crippen LogP contribution in [0.5, 0.6) is 5.75 Å². The average molecular weight is 373 g/mol. The fourth-order valence-electron chi connectivity index (χ4n) is 2.74. The number of ketones is 1. The lowest BCUT2D eigenvalue weighted by atomic mass is 9.81. The first-order chi connectivity index (χ1) is 12.2. The van der Waals surface area contributed by atoms with Gasteiger partial charge in [0.1, 0.15) is 11.5 Å². The van der Waals surface area contributed by atoms with E-state index in [0.29, 0.717) is 16.7 Å². The number of aromatic nitrogens is 1. The zero-order valence-corrected chi connectivity index (χ0v) is 14.9. The van der Waals surface area contributed by atoms with Gasteiger partial charge in [-0.1, -0.05) is 11.6 Å². The molecule has 0 saturated carbocycles. The standard InChI is InChI=1S/C19H17ClN2O4/c1-19(2,18(21)25)17-15(24)14(10-5-7-22-8-6-10)16(26-17)11-3-4-12(20)13(23)9-11/h3-9,17,23H,1-2H3,(H2,21,25). The summed E-state index contributed by atoms with van der Waals surface area (Å²) in [5.41, 5.74) is 5.61. The van der Waals surface area contributed by atoms with Crippen molar-refractivity contribution in [2.45, 2.75) is 20.0 Å². The molecule has 1 atom stereocenters. The van der Waals surface area contributed by atoms with Crippen molar-refractivity contribution in [2.75, 3.05) is 0 Å². The molecule has 6 nitrogen and oxygen atoms in total. The summed E-state index contributed by atoms with van der Waals surface area (Å²) in [6, 6.07) is 7.89. The number of halogens is 1. The van der Waals surface area contributed by atoms with Gasteiger partial charge in [-0.3, -0.25) is 14.6 Å². The molecule has 1 aliphatic rings. The Hall–Kier alpha value is -2.86. The number of amides is 1. The molecule has 26 heavy (non-hydrogen) atoms. The van der Waals surface area contributed by atoms with Crippen LogP contribution in [-0.2, 0) is 14.3 Å². The third kappa shape index (κ3) is 2.93. The van der Waals surface area contributed by atoms with E-state index in [1.165, 1.54) is 12.1 Å². The number of rotatable bonds is 4. The summed E-state index contributed by atoms with van der Waals surface area (Å²) in [6.07, 6.45) is 2.04. The lowest BCUT2D eigenvalue weighted by molar-refractivity contribution is -0.138. The highest BCUT2D eigenvalue weighted by atomic mass is 35.5. The zero-order valence-electron chi connectivity index (χ0n) is 14.2. The van der Waals surface area contributed by atoms with Crippen molar-refractivity contribution in [1.29, 1.82) is 0 Å². The highest BCUT2D eigenvalue weighted by molar-refractivity contribution is 6.33. The molecule has 0 aliphatic carbocycles. The number of phenolic OH excluding ortho intramolecular Hbond substituents is 1. The lowest BCUT2D eigenvalue weighted by Crippen LogP contribution is -2.45. The molecule has 1 unspecified atom stereocenters. The second-order valence-electron chi connectivity index (χ2n) is 6.55. The van der Waals surface area contributed by atoms with Crippen molar-refractivity contribution in [3.05, 3.63) is 58.9 Å². The molecule has 1 aliphatic heterocycles. The van der Waals surface area contributed by atoms with Crippen molar-refractivity contribution in [1.82, 2.24) is 4.98 Å². The topological polar surface area (TPSA) is 103 Å². The number of phenols is 1. The van der Waals surface area contributed by atoms with Gasteiger partial charge in [0, 0.05) is 18.0 Å². The highest BCUT2D eigenvalue weighted by Crippen LogP contribution is 2.43. The minimum absolute atomic E-state index is 0.139. The predicted molar refractivity (Wildman–Crippen MR) is 97.0 cm³/mol. The quantitative estimate of drug-likeness (QED) is 0.859. The first kappa shape index (κ1) is 17.9. The smallest absolute Gasteiger partial charge is 0.227 e. The zero-order chi connectivity index (χ0) is 19.1. The summed E-state index contributed by atoms with van der Waals surface area (Å²) in [4.78, 5) is 28.9. The number of primary amides is 1. The number of aromatic hydroxyl groups is 1. The van der Waals surface area contributed by atoms with Crippen LogP contribution in [0.25, 0.3) is 11.3 Å². The van der Waals surface area contributed by atoms with Gasteiger partial charge in [0.05, 0.1) is 16.0 Å². The fraction of sp³-hybridized carbons (Fsp3) is 0.211. The summed E-state index contributed by atoms with van der Waals surface area (Å²) >= 11 is 5.87. The number of hydrogen-bond acceptors (Lipinski definition) is 5. The van der Waals surface area contributed by atoms with Gasteiger partial charge in [0.2, 0.25) is 11.7 Å². The molecule has 134 valence electrons. The molecule has 0 spiro atoms. The first-order valence-electron chi connectivity index (χ1n) is 7.88. The normalized spacial score (nSPS) is 17.3. The van der Waals surface area contributed by atoms with Gasteiger partial charge in [-0.25, -0.2) is 0 Å². The minimum atomic E-state index is -1.22. The molecule has 0 bridgehead atoms. The van der Waals surface area contributed by atoms with E-state index in [-0.39, 0.29) is 22.3 Å². The average Bonchev–Trinajstić information content (AvgIpc) is 2.96. The molecule has 1 aromatic carbocycles. The molecule has 0 fully saturated rings. The summed E-state index contributed by atoms with van der Waals surface area (Å²) in [5, 5.41) is 10.1. The summed E-state index contributed by atoms with van der Waals surface area (Å²) in [5.74, 6) is -0.888. The van der Waals surface area contributed by atoms with E-state index in [0.717, 1.165) is 0 Å². The van der Waals surface area contributed by atoms with E-state index < -0.39 is 17.4 Å². The number of pyridine rings is 1. The lowest BCUT2D eigenvalue weighted by Gasteiger charge is -2.26. The van der Waals surface area contributed by atoms with Crippen molar-refractivity contribution in [3.8, 4) is 5.75 Å². The van der Waals surface area contributed by atoms with Crippen molar-refractivity contribution in [2.24, 2.45) is 11.1 Å². The van der Waals surface area contributed by atoms with Gasteiger partial charge in [-0.2, -0.15) is 0 Å². The Kier molecular flexibility index (Phi) is 4.46. The van der Waals surface area contributed by atoms with Crippen LogP contribution < -0.4 is 5.73 Å². The summed E-state index contributed by atoms with van der Waals surface area (Å²) in [7, 11) is 0. The number of ether oxygens (including phenoxy) is 1. The van der Waals surface area contributed by atoms with Crippen LogP contribution in [0.1, 0.15) is 25.0 Å². The van der Waals surface area contributed by atoms with Crippen molar-refractivity contribution in [3.63, 3.8) is 0 Å². The maximum Gasteiger partial charge on any atom is 0.227 e. The summed E-state index contributed by atoms with van der Waals surface area (Å²) < 4.78 is 5.90. The molecule has 2 heterocycles. The van der Waals surface area contributed by atoms with Crippen LogP contribution in [0.4, 0.5) is 0 Å². The maximum atomic E-state index is 13.1.